The molecule has 1 spiro atoms. The third kappa shape index (κ3) is 5.40. The number of amides is 2. The van der Waals surface area contributed by atoms with Gasteiger partial charge in [0, 0.05) is 19.6 Å². The SMILES string of the molecule is O=C(C(CCN1CCC2(CC1)CCN(C(Br)c1ccccc1)C2=O)c1ccccc1)N1CCCCC1. The van der Waals surface area contributed by atoms with Crippen molar-refractivity contribution in [3.8, 4) is 0 Å². The van der Waals surface area contributed by atoms with E-state index in [9.17, 15) is 9.59 Å². The molecular formula is C30H38BrN3O2. The quantitative estimate of drug-likeness (QED) is 0.333. The lowest BCUT2D eigenvalue weighted by Gasteiger charge is -2.39. The summed E-state index contributed by atoms with van der Waals surface area (Å²) in [6.07, 6.45) is 7.06. The van der Waals surface area contributed by atoms with Crippen LogP contribution in [0.15, 0.2) is 60.7 Å². The van der Waals surface area contributed by atoms with Crippen LogP contribution in [-0.4, -0.2) is 65.8 Å². The van der Waals surface area contributed by atoms with Gasteiger partial charge < -0.3 is 14.7 Å². The maximum absolute atomic E-state index is 13.5. The van der Waals surface area contributed by atoms with Gasteiger partial charge in [-0.05, 0) is 75.7 Å². The van der Waals surface area contributed by atoms with Gasteiger partial charge in [-0.2, -0.15) is 0 Å². The van der Waals surface area contributed by atoms with Gasteiger partial charge in [0.1, 0.15) is 4.95 Å². The van der Waals surface area contributed by atoms with E-state index in [0.29, 0.717) is 11.8 Å². The van der Waals surface area contributed by atoms with E-state index in [1.54, 1.807) is 0 Å². The predicted molar refractivity (Wildman–Crippen MR) is 147 cm³/mol. The molecule has 2 atom stereocenters. The second-order valence-corrected chi connectivity index (χ2v) is 11.6. The number of hydrogen-bond acceptors (Lipinski definition) is 3. The first-order chi connectivity index (χ1) is 17.6. The molecule has 5 nitrogen and oxygen atoms in total. The summed E-state index contributed by atoms with van der Waals surface area (Å²) >= 11 is 3.78. The number of carbonyl (C=O) groups excluding carboxylic acids is 2. The largest absolute Gasteiger partial charge is 0.342 e. The van der Waals surface area contributed by atoms with Crippen molar-refractivity contribution in [1.82, 2.24) is 14.7 Å². The highest BCUT2D eigenvalue weighted by Gasteiger charge is 2.49. The molecule has 2 amide bonds. The van der Waals surface area contributed by atoms with E-state index in [4.69, 9.17) is 0 Å². The van der Waals surface area contributed by atoms with Crippen LogP contribution < -0.4 is 0 Å². The highest BCUT2D eigenvalue weighted by molar-refractivity contribution is 9.09. The summed E-state index contributed by atoms with van der Waals surface area (Å²) < 4.78 is 0. The summed E-state index contributed by atoms with van der Waals surface area (Å²) in [4.78, 5) is 33.6. The molecule has 3 aliphatic heterocycles. The van der Waals surface area contributed by atoms with Crippen molar-refractivity contribution >= 4 is 27.7 Å². The fraction of sp³-hybridized carbons (Fsp3) is 0.533. The second-order valence-electron chi connectivity index (χ2n) is 10.8. The van der Waals surface area contributed by atoms with Crippen molar-refractivity contribution in [3.63, 3.8) is 0 Å². The first-order valence-electron chi connectivity index (χ1n) is 13.6. The fourth-order valence-electron chi connectivity index (χ4n) is 6.29. The van der Waals surface area contributed by atoms with Crippen LogP contribution in [0, 0.1) is 5.41 Å². The Morgan fingerprint density at radius 1 is 0.806 bits per heavy atom. The molecule has 0 radical (unpaired) electrons. The minimum atomic E-state index is -0.222. The number of benzene rings is 2. The smallest absolute Gasteiger partial charge is 0.230 e. The van der Waals surface area contributed by atoms with Crippen molar-refractivity contribution in [1.29, 1.82) is 0 Å². The van der Waals surface area contributed by atoms with Crippen molar-refractivity contribution in [3.05, 3.63) is 71.8 Å². The van der Waals surface area contributed by atoms with E-state index in [0.717, 1.165) is 88.9 Å². The number of nitrogens with zero attached hydrogens (tertiary/aromatic N) is 3. The van der Waals surface area contributed by atoms with Crippen LogP contribution >= 0.6 is 15.9 Å². The molecule has 0 bridgehead atoms. The molecule has 6 heteroatoms. The van der Waals surface area contributed by atoms with Crippen molar-refractivity contribution in [2.75, 3.05) is 39.3 Å². The molecule has 3 aliphatic rings. The van der Waals surface area contributed by atoms with Gasteiger partial charge in [0.15, 0.2) is 0 Å². The predicted octanol–water partition coefficient (Wildman–Crippen LogP) is 5.58. The lowest BCUT2D eigenvalue weighted by atomic mass is 9.77. The first-order valence-corrected chi connectivity index (χ1v) is 14.6. The van der Waals surface area contributed by atoms with Crippen LogP contribution in [0.4, 0.5) is 0 Å². The molecule has 0 aliphatic carbocycles. The van der Waals surface area contributed by atoms with Gasteiger partial charge >= 0.3 is 0 Å². The normalized spacial score (nSPS) is 22.1. The lowest BCUT2D eigenvalue weighted by molar-refractivity contribution is -0.138. The topological polar surface area (TPSA) is 43.9 Å². The van der Waals surface area contributed by atoms with E-state index in [1.165, 1.54) is 6.42 Å². The van der Waals surface area contributed by atoms with Gasteiger partial charge in [0.25, 0.3) is 0 Å². The molecule has 2 aromatic rings. The molecule has 5 rings (SSSR count). The summed E-state index contributed by atoms with van der Waals surface area (Å²) in [5, 5.41) is 0. The van der Waals surface area contributed by atoms with Crippen molar-refractivity contribution < 1.29 is 9.59 Å². The molecular weight excluding hydrogens is 514 g/mol. The molecule has 2 unspecified atom stereocenters. The maximum atomic E-state index is 13.5. The van der Waals surface area contributed by atoms with E-state index < -0.39 is 0 Å². The minimum Gasteiger partial charge on any atom is -0.342 e. The first kappa shape index (κ1) is 25.5. The molecule has 3 fully saturated rings. The zero-order valence-corrected chi connectivity index (χ0v) is 22.7. The Bertz CT molecular complexity index is 1020. The average molecular weight is 553 g/mol. The van der Waals surface area contributed by atoms with Crippen LogP contribution in [-0.2, 0) is 9.59 Å². The molecule has 0 saturated carbocycles. The Hall–Kier alpha value is -2.18. The minimum absolute atomic E-state index is 0.0592. The number of rotatable bonds is 7. The number of piperidine rings is 2. The summed E-state index contributed by atoms with van der Waals surface area (Å²) in [7, 11) is 0. The lowest BCUT2D eigenvalue weighted by Crippen LogP contribution is -2.45. The van der Waals surface area contributed by atoms with Crippen molar-refractivity contribution in [2.45, 2.75) is 55.8 Å². The number of hydrogen-bond donors (Lipinski definition) is 0. The van der Waals surface area contributed by atoms with E-state index in [2.05, 4.69) is 50.0 Å². The number of halogens is 1. The fourth-order valence-corrected chi connectivity index (χ4v) is 6.98. The molecule has 0 N–H and O–H groups in total. The summed E-state index contributed by atoms with van der Waals surface area (Å²) in [6.45, 7) is 5.35. The van der Waals surface area contributed by atoms with Gasteiger partial charge in [0.2, 0.25) is 11.8 Å². The number of alkyl halides is 1. The van der Waals surface area contributed by atoms with E-state index in [-0.39, 0.29) is 16.3 Å². The van der Waals surface area contributed by atoms with Crippen LogP contribution in [0.1, 0.15) is 66.9 Å². The molecule has 3 saturated heterocycles. The molecule has 0 aromatic heterocycles. The Morgan fingerprint density at radius 3 is 2.03 bits per heavy atom. The third-order valence-corrected chi connectivity index (χ3v) is 9.63. The Balaban J connectivity index is 1.18. The summed E-state index contributed by atoms with van der Waals surface area (Å²) in [5.74, 6) is 0.513. The van der Waals surface area contributed by atoms with E-state index in [1.807, 2.05) is 41.3 Å². The van der Waals surface area contributed by atoms with Gasteiger partial charge in [-0.1, -0.05) is 76.6 Å². The zero-order chi connectivity index (χ0) is 25.0. The average Bonchev–Trinajstić information content (AvgIpc) is 3.26. The van der Waals surface area contributed by atoms with Gasteiger partial charge in [-0.3, -0.25) is 9.59 Å². The van der Waals surface area contributed by atoms with Gasteiger partial charge in [0.05, 0.1) is 11.3 Å². The van der Waals surface area contributed by atoms with Crippen molar-refractivity contribution in [2.24, 2.45) is 5.41 Å². The van der Waals surface area contributed by atoms with Gasteiger partial charge in [-0.25, -0.2) is 0 Å². The summed E-state index contributed by atoms with van der Waals surface area (Å²) in [6, 6.07) is 20.5. The molecule has 192 valence electrons. The molecule has 2 aromatic carbocycles. The number of likely N-dealkylation sites (tertiary alicyclic amines) is 3. The highest BCUT2D eigenvalue weighted by Crippen LogP contribution is 2.45. The van der Waals surface area contributed by atoms with Crippen LogP contribution in [0.3, 0.4) is 0 Å². The Kier molecular flexibility index (Phi) is 8.12. The van der Waals surface area contributed by atoms with E-state index >= 15 is 0 Å². The number of carbonyl (C=O) groups is 2. The van der Waals surface area contributed by atoms with Crippen LogP contribution in [0.25, 0.3) is 0 Å². The Labute approximate surface area is 224 Å². The maximum Gasteiger partial charge on any atom is 0.230 e. The molecule has 3 heterocycles. The summed E-state index contributed by atoms with van der Waals surface area (Å²) in [5.41, 5.74) is 2.04. The standard InChI is InChI=1S/C30H38BrN3O2/c31-27(25-12-6-2-7-13-25)34-23-17-30(29(34)36)15-21-32(22-16-30)20-14-26(24-10-4-1-5-11-24)28(35)33-18-8-3-9-19-33/h1-2,4-7,10-13,26-27H,3,8-9,14-23H2. The van der Waals surface area contributed by atoms with Crippen LogP contribution in [0.2, 0.25) is 0 Å². The third-order valence-electron chi connectivity index (χ3n) is 8.61. The monoisotopic (exact) mass is 551 g/mol. The van der Waals surface area contributed by atoms with Gasteiger partial charge in [-0.15, -0.1) is 0 Å². The zero-order valence-electron chi connectivity index (χ0n) is 21.2. The molecule has 36 heavy (non-hydrogen) atoms. The second kappa shape index (κ2) is 11.5. The van der Waals surface area contributed by atoms with Crippen LogP contribution in [0.5, 0.6) is 0 Å². The highest BCUT2D eigenvalue weighted by atomic mass is 79.9. The Morgan fingerprint density at radius 2 is 1.39 bits per heavy atom.